The second-order valence-corrected chi connectivity index (χ2v) is 6.29. The lowest BCUT2D eigenvalue weighted by Crippen LogP contribution is -2.54. The Hall–Kier alpha value is -1.52. The molecule has 1 aliphatic heterocycles. The third-order valence-electron chi connectivity index (χ3n) is 4.48. The maximum absolute atomic E-state index is 4.60. The topological polar surface area (TPSA) is 41.1 Å². The van der Waals surface area contributed by atoms with Crippen LogP contribution in [-0.4, -0.2) is 40.0 Å². The molecule has 1 aromatic carbocycles. The average Bonchev–Trinajstić information content (AvgIpc) is 2.48. The van der Waals surface area contributed by atoms with Crippen LogP contribution in [0.4, 0.5) is 0 Å². The number of aromatic nitrogens is 2. The molecule has 21 heavy (non-hydrogen) atoms. The summed E-state index contributed by atoms with van der Waals surface area (Å²) in [6.45, 7) is 11.0. The SMILES string of the molecule is Cc1cnc2ccc(C(C)N3C[C@H](C)NC[C@H]3C)cc2n1. The summed E-state index contributed by atoms with van der Waals surface area (Å²) in [7, 11) is 0. The number of nitrogens with one attached hydrogen (secondary N) is 1. The van der Waals surface area contributed by atoms with Crippen molar-refractivity contribution >= 4 is 11.0 Å². The van der Waals surface area contributed by atoms with Gasteiger partial charge in [0, 0.05) is 37.4 Å². The zero-order valence-corrected chi connectivity index (χ0v) is 13.3. The molecule has 3 atom stereocenters. The fourth-order valence-corrected chi connectivity index (χ4v) is 3.16. The Labute approximate surface area is 126 Å². The number of rotatable bonds is 2. The summed E-state index contributed by atoms with van der Waals surface area (Å²) < 4.78 is 0. The maximum Gasteiger partial charge on any atom is 0.0893 e. The minimum absolute atomic E-state index is 0.399. The fourth-order valence-electron chi connectivity index (χ4n) is 3.16. The highest BCUT2D eigenvalue weighted by Crippen LogP contribution is 2.26. The minimum atomic E-state index is 0.399. The Kier molecular flexibility index (Phi) is 3.91. The highest BCUT2D eigenvalue weighted by atomic mass is 15.2. The van der Waals surface area contributed by atoms with E-state index >= 15 is 0 Å². The first-order chi connectivity index (χ1) is 10.0. The van der Waals surface area contributed by atoms with Gasteiger partial charge in [0.2, 0.25) is 0 Å². The van der Waals surface area contributed by atoms with E-state index in [1.54, 1.807) is 0 Å². The predicted octanol–water partition coefficient (Wildman–Crippen LogP) is 2.68. The normalized spacial score (nSPS) is 25.1. The van der Waals surface area contributed by atoms with Crippen molar-refractivity contribution in [1.82, 2.24) is 20.2 Å². The molecule has 1 aliphatic rings. The van der Waals surface area contributed by atoms with Crippen LogP contribution < -0.4 is 5.32 Å². The Morgan fingerprint density at radius 3 is 2.90 bits per heavy atom. The van der Waals surface area contributed by atoms with Crippen LogP contribution in [0.2, 0.25) is 0 Å². The van der Waals surface area contributed by atoms with Gasteiger partial charge in [-0.1, -0.05) is 6.07 Å². The molecule has 1 N–H and O–H groups in total. The second-order valence-electron chi connectivity index (χ2n) is 6.29. The first-order valence-electron chi connectivity index (χ1n) is 7.77. The smallest absolute Gasteiger partial charge is 0.0893 e. The summed E-state index contributed by atoms with van der Waals surface area (Å²) in [5, 5.41) is 3.54. The molecule has 0 radical (unpaired) electrons. The molecule has 1 fully saturated rings. The summed E-state index contributed by atoms with van der Waals surface area (Å²) in [5.74, 6) is 0. The zero-order valence-electron chi connectivity index (χ0n) is 13.3. The highest BCUT2D eigenvalue weighted by Gasteiger charge is 2.27. The van der Waals surface area contributed by atoms with Crippen LogP contribution in [0.5, 0.6) is 0 Å². The summed E-state index contributed by atoms with van der Waals surface area (Å²) >= 11 is 0. The molecule has 3 rings (SSSR count). The van der Waals surface area contributed by atoms with Crippen LogP contribution in [-0.2, 0) is 0 Å². The number of fused-ring (bicyclic) bond motifs is 1. The van der Waals surface area contributed by atoms with E-state index in [0.29, 0.717) is 18.1 Å². The van der Waals surface area contributed by atoms with Crippen LogP contribution in [0.1, 0.15) is 38.1 Å². The number of hydrogen-bond acceptors (Lipinski definition) is 4. The van der Waals surface area contributed by atoms with Crippen molar-refractivity contribution in [2.24, 2.45) is 0 Å². The molecule has 0 bridgehead atoms. The molecule has 2 aromatic rings. The van der Waals surface area contributed by atoms with Gasteiger partial charge in [0.05, 0.1) is 16.7 Å². The molecule has 2 heterocycles. The average molecular weight is 284 g/mol. The molecular formula is C17H24N4. The number of benzene rings is 1. The van der Waals surface area contributed by atoms with Gasteiger partial charge >= 0.3 is 0 Å². The monoisotopic (exact) mass is 284 g/mol. The summed E-state index contributed by atoms with van der Waals surface area (Å²) in [4.78, 5) is 11.6. The third-order valence-corrected chi connectivity index (χ3v) is 4.48. The van der Waals surface area contributed by atoms with Gasteiger partial charge in [0.15, 0.2) is 0 Å². The van der Waals surface area contributed by atoms with E-state index in [1.807, 2.05) is 13.1 Å². The van der Waals surface area contributed by atoms with E-state index in [2.05, 4.69) is 59.2 Å². The predicted molar refractivity (Wildman–Crippen MR) is 86.3 cm³/mol. The first-order valence-corrected chi connectivity index (χ1v) is 7.77. The van der Waals surface area contributed by atoms with Gasteiger partial charge in [-0.25, -0.2) is 4.98 Å². The van der Waals surface area contributed by atoms with E-state index in [4.69, 9.17) is 0 Å². The molecule has 0 amide bonds. The minimum Gasteiger partial charge on any atom is -0.311 e. The van der Waals surface area contributed by atoms with Crippen molar-refractivity contribution in [3.05, 3.63) is 35.7 Å². The number of hydrogen-bond donors (Lipinski definition) is 1. The summed E-state index contributed by atoms with van der Waals surface area (Å²) in [6, 6.07) is 7.97. The Morgan fingerprint density at radius 1 is 1.29 bits per heavy atom. The fraction of sp³-hybridized carbons (Fsp3) is 0.529. The lowest BCUT2D eigenvalue weighted by atomic mass is 10.0. The molecule has 4 nitrogen and oxygen atoms in total. The number of nitrogens with zero attached hydrogens (tertiary/aromatic N) is 3. The first kappa shape index (κ1) is 14.4. The lowest BCUT2D eigenvalue weighted by Gasteiger charge is -2.41. The Morgan fingerprint density at radius 2 is 2.10 bits per heavy atom. The highest BCUT2D eigenvalue weighted by molar-refractivity contribution is 5.74. The largest absolute Gasteiger partial charge is 0.311 e. The van der Waals surface area contributed by atoms with Crippen molar-refractivity contribution < 1.29 is 0 Å². The van der Waals surface area contributed by atoms with Crippen molar-refractivity contribution in [3.8, 4) is 0 Å². The molecule has 0 spiro atoms. The quantitative estimate of drug-likeness (QED) is 0.920. The summed E-state index contributed by atoms with van der Waals surface area (Å²) in [5.41, 5.74) is 4.26. The molecule has 1 saturated heterocycles. The molecular weight excluding hydrogens is 260 g/mol. The van der Waals surface area contributed by atoms with E-state index in [0.717, 1.165) is 29.8 Å². The molecule has 1 aromatic heterocycles. The number of piperazine rings is 1. The van der Waals surface area contributed by atoms with E-state index in [9.17, 15) is 0 Å². The van der Waals surface area contributed by atoms with E-state index in [1.165, 1.54) is 5.56 Å². The molecule has 4 heteroatoms. The lowest BCUT2D eigenvalue weighted by molar-refractivity contribution is 0.103. The molecule has 112 valence electrons. The van der Waals surface area contributed by atoms with Crippen LogP contribution in [0.15, 0.2) is 24.4 Å². The van der Waals surface area contributed by atoms with Crippen LogP contribution in [0.3, 0.4) is 0 Å². The summed E-state index contributed by atoms with van der Waals surface area (Å²) in [6.07, 6.45) is 1.82. The van der Waals surface area contributed by atoms with Gasteiger partial charge in [0.1, 0.15) is 0 Å². The van der Waals surface area contributed by atoms with Crippen molar-refractivity contribution in [1.29, 1.82) is 0 Å². The molecule has 0 saturated carbocycles. The van der Waals surface area contributed by atoms with Gasteiger partial charge in [-0.2, -0.15) is 0 Å². The third kappa shape index (κ3) is 2.92. The van der Waals surface area contributed by atoms with Crippen molar-refractivity contribution in [3.63, 3.8) is 0 Å². The van der Waals surface area contributed by atoms with Gasteiger partial charge < -0.3 is 5.32 Å². The molecule has 0 aliphatic carbocycles. The van der Waals surface area contributed by atoms with Crippen LogP contribution in [0.25, 0.3) is 11.0 Å². The van der Waals surface area contributed by atoms with Gasteiger partial charge in [-0.3, -0.25) is 9.88 Å². The van der Waals surface area contributed by atoms with Crippen LogP contribution >= 0.6 is 0 Å². The Bertz CT molecular complexity index is 640. The maximum atomic E-state index is 4.60. The van der Waals surface area contributed by atoms with E-state index in [-0.39, 0.29) is 0 Å². The second kappa shape index (κ2) is 5.70. The molecule has 1 unspecified atom stereocenters. The Balaban J connectivity index is 1.91. The number of aryl methyl sites for hydroxylation is 1. The standard InChI is InChI=1S/C17H24N4/c1-11-8-19-16-6-5-15(7-17(16)20-11)14(4)21-10-12(2)18-9-13(21)3/h5-8,12-14,18H,9-10H2,1-4H3/t12-,13+,14?/m0/s1. The zero-order chi connectivity index (χ0) is 15.0. The van der Waals surface area contributed by atoms with Crippen molar-refractivity contribution in [2.75, 3.05) is 13.1 Å². The van der Waals surface area contributed by atoms with Crippen molar-refractivity contribution in [2.45, 2.75) is 45.8 Å². The van der Waals surface area contributed by atoms with E-state index < -0.39 is 0 Å². The van der Waals surface area contributed by atoms with Gasteiger partial charge in [0.25, 0.3) is 0 Å². The van der Waals surface area contributed by atoms with Gasteiger partial charge in [-0.15, -0.1) is 0 Å². The van der Waals surface area contributed by atoms with Gasteiger partial charge in [-0.05, 0) is 45.4 Å². The van der Waals surface area contributed by atoms with Crippen LogP contribution in [0, 0.1) is 6.92 Å².